The fourth-order valence-corrected chi connectivity index (χ4v) is 4.46. The maximum absolute atomic E-state index is 12.3. The standard InChI is InChI=1S/C18H32N2O4/c1-12-6-8-20(9-7-12)16-14(24-15(11-21)17(16)22)10-19-18(23)13-4-2-3-5-13/h12-17,21-22H,2-11H2,1H3,(H,19,23)/t14-,15+,16+,17-/m1/s1. The van der Waals surface area contributed by atoms with E-state index in [0.717, 1.165) is 57.5 Å². The lowest BCUT2D eigenvalue weighted by Gasteiger charge is -2.38. The van der Waals surface area contributed by atoms with Gasteiger partial charge in [-0.05, 0) is 44.7 Å². The first kappa shape index (κ1) is 18.1. The van der Waals surface area contributed by atoms with Crippen LogP contribution < -0.4 is 5.32 Å². The molecule has 0 aromatic heterocycles. The second kappa shape index (κ2) is 8.13. The minimum atomic E-state index is -0.697. The first-order valence-corrected chi connectivity index (χ1v) is 9.56. The quantitative estimate of drug-likeness (QED) is 0.679. The summed E-state index contributed by atoms with van der Waals surface area (Å²) in [5.41, 5.74) is 0. The van der Waals surface area contributed by atoms with Crippen molar-refractivity contribution < 1.29 is 19.7 Å². The molecule has 3 N–H and O–H groups in total. The molecular formula is C18H32N2O4. The van der Waals surface area contributed by atoms with Crippen molar-refractivity contribution in [2.45, 2.75) is 69.8 Å². The number of nitrogens with one attached hydrogen (secondary N) is 1. The summed E-state index contributed by atoms with van der Waals surface area (Å²) >= 11 is 0. The molecule has 2 aliphatic heterocycles. The van der Waals surface area contributed by atoms with Crippen LogP contribution in [0.3, 0.4) is 0 Å². The zero-order valence-electron chi connectivity index (χ0n) is 14.7. The number of carbonyl (C=O) groups excluding carboxylic acids is 1. The fourth-order valence-electron chi connectivity index (χ4n) is 4.46. The molecule has 3 rings (SSSR count). The third-order valence-corrected chi connectivity index (χ3v) is 6.08. The molecule has 3 fully saturated rings. The van der Waals surface area contributed by atoms with Gasteiger partial charge >= 0.3 is 0 Å². The van der Waals surface area contributed by atoms with Crippen LogP contribution in [0.25, 0.3) is 0 Å². The molecule has 3 aliphatic rings. The molecule has 2 heterocycles. The predicted molar refractivity (Wildman–Crippen MR) is 90.5 cm³/mol. The third-order valence-electron chi connectivity index (χ3n) is 6.08. The highest BCUT2D eigenvalue weighted by Crippen LogP contribution is 2.30. The molecule has 0 aromatic rings. The van der Waals surface area contributed by atoms with Crippen LogP contribution in [0.1, 0.15) is 45.4 Å². The Morgan fingerprint density at radius 2 is 1.83 bits per heavy atom. The normalized spacial score (nSPS) is 36.3. The molecule has 0 unspecified atom stereocenters. The number of aliphatic hydroxyl groups is 2. The smallest absolute Gasteiger partial charge is 0.223 e. The summed E-state index contributed by atoms with van der Waals surface area (Å²) in [5.74, 6) is 0.971. The molecule has 1 saturated carbocycles. The van der Waals surface area contributed by atoms with Gasteiger partial charge in [-0.2, -0.15) is 0 Å². The van der Waals surface area contributed by atoms with Gasteiger partial charge in [0.05, 0.1) is 18.8 Å². The van der Waals surface area contributed by atoms with E-state index in [0.29, 0.717) is 6.54 Å². The van der Waals surface area contributed by atoms with Crippen molar-refractivity contribution in [3.05, 3.63) is 0 Å². The van der Waals surface area contributed by atoms with Crippen molar-refractivity contribution in [2.24, 2.45) is 11.8 Å². The molecule has 0 radical (unpaired) electrons. The maximum Gasteiger partial charge on any atom is 0.223 e. The number of nitrogens with zero attached hydrogens (tertiary/aromatic N) is 1. The van der Waals surface area contributed by atoms with E-state index in [4.69, 9.17) is 4.74 Å². The van der Waals surface area contributed by atoms with Crippen molar-refractivity contribution in [1.82, 2.24) is 10.2 Å². The largest absolute Gasteiger partial charge is 0.394 e. The van der Waals surface area contributed by atoms with Crippen molar-refractivity contribution in [3.8, 4) is 0 Å². The van der Waals surface area contributed by atoms with Gasteiger partial charge in [0.2, 0.25) is 5.91 Å². The van der Waals surface area contributed by atoms with E-state index in [1.807, 2.05) is 0 Å². The zero-order chi connectivity index (χ0) is 17.1. The van der Waals surface area contributed by atoms with Crippen LogP contribution in [0.15, 0.2) is 0 Å². The molecule has 1 aliphatic carbocycles. The number of piperidine rings is 1. The molecule has 6 heteroatoms. The van der Waals surface area contributed by atoms with Gasteiger partial charge in [0.1, 0.15) is 12.2 Å². The lowest BCUT2D eigenvalue weighted by molar-refractivity contribution is -0.125. The van der Waals surface area contributed by atoms with Gasteiger partial charge in [0.15, 0.2) is 0 Å². The molecule has 1 amide bonds. The van der Waals surface area contributed by atoms with Crippen LogP contribution in [0.5, 0.6) is 0 Å². The zero-order valence-corrected chi connectivity index (χ0v) is 14.7. The molecule has 138 valence electrons. The Bertz CT molecular complexity index is 419. The third kappa shape index (κ3) is 3.93. The maximum atomic E-state index is 12.3. The Kier molecular flexibility index (Phi) is 6.13. The van der Waals surface area contributed by atoms with Crippen LogP contribution in [-0.2, 0) is 9.53 Å². The van der Waals surface area contributed by atoms with Crippen LogP contribution in [0.2, 0.25) is 0 Å². The number of hydrogen-bond acceptors (Lipinski definition) is 5. The summed E-state index contributed by atoms with van der Waals surface area (Å²) in [6.45, 7) is 4.37. The molecule has 0 aromatic carbocycles. The van der Waals surface area contributed by atoms with E-state index in [9.17, 15) is 15.0 Å². The number of hydrogen-bond donors (Lipinski definition) is 3. The number of likely N-dealkylation sites (tertiary alicyclic amines) is 1. The highest BCUT2D eigenvalue weighted by atomic mass is 16.5. The Labute approximate surface area is 144 Å². The molecule has 0 bridgehead atoms. The summed E-state index contributed by atoms with van der Waals surface area (Å²) < 4.78 is 5.87. The van der Waals surface area contributed by atoms with Gasteiger partial charge in [-0.3, -0.25) is 9.69 Å². The van der Waals surface area contributed by atoms with E-state index in [2.05, 4.69) is 17.1 Å². The van der Waals surface area contributed by atoms with Crippen LogP contribution in [-0.4, -0.2) is 71.6 Å². The average Bonchev–Trinajstić information content (AvgIpc) is 3.22. The Balaban J connectivity index is 1.59. The summed E-state index contributed by atoms with van der Waals surface area (Å²) in [4.78, 5) is 14.6. The highest BCUT2D eigenvalue weighted by molar-refractivity contribution is 5.78. The first-order valence-electron chi connectivity index (χ1n) is 9.56. The number of rotatable bonds is 5. The van der Waals surface area contributed by atoms with Gasteiger partial charge in [0.25, 0.3) is 0 Å². The lowest BCUT2D eigenvalue weighted by Crippen LogP contribution is -2.53. The number of amides is 1. The summed E-state index contributed by atoms with van der Waals surface area (Å²) in [5, 5.41) is 23.1. The number of carbonyl (C=O) groups is 1. The number of aliphatic hydroxyl groups excluding tert-OH is 2. The molecular weight excluding hydrogens is 308 g/mol. The van der Waals surface area contributed by atoms with Crippen molar-refractivity contribution in [1.29, 1.82) is 0 Å². The monoisotopic (exact) mass is 340 g/mol. The van der Waals surface area contributed by atoms with Gasteiger partial charge < -0.3 is 20.3 Å². The lowest BCUT2D eigenvalue weighted by atomic mass is 9.94. The first-order chi connectivity index (χ1) is 11.6. The van der Waals surface area contributed by atoms with Gasteiger partial charge in [-0.15, -0.1) is 0 Å². The van der Waals surface area contributed by atoms with Crippen molar-refractivity contribution in [3.63, 3.8) is 0 Å². The fraction of sp³-hybridized carbons (Fsp3) is 0.944. The molecule has 0 spiro atoms. The molecule has 24 heavy (non-hydrogen) atoms. The topological polar surface area (TPSA) is 82.0 Å². The van der Waals surface area contributed by atoms with E-state index in [1.165, 1.54) is 0 Å². The highest BCUT2D eigenvalue weighted by Gasteiger charge is 2.46. The number of ether oxygens (including phenoxy) is 1. The Morgan fingerprint density at radius 3 is 2.46 bits per heavy atom. The molecule has 6 nitrogen and oxygen atoms in total. The van der Waals surface area contributed by atoms with Crippen LogP contribution in [0.4, 0.5) is 0 Å². The van der Waals surface area contributed by atoms with Crippen molar-refractivity contribution >= 4 is 5.91 Å². The second-order valence-corrected chi connectivity index (χ2v) is 7.82. The molecule has 2 saturated heterocycles. The van der Waals surface area contributed by atoms with Crippen molar-refractivity contribution in [2.75, 3.05) is 26.2 Å². The molecule has 4 atom stereocenters. The van der Waals surface area contributed by atoms with Crippen LogP contribution >= 0.6 is 0 Å². The summed E-state index contributed by atoms with van der Waals surface area (Å²) in [7, 11) is 0. The van der Waals surface area contributed by atoms with E-state index >= 15 is 0 Å². The SMILES string of the molecule is CC1CCN([C@@H]2[C@H](O)[C@H](CO)O[C@@H]2CNC(=O)C2CCCC2)CC1. The summed E-state index contributed by atoms with van der Waals surface area (Å²) in [6.07, 6.45) is 4.97. The van der Waals surface area contributed by atoms with Gasteiger partial charge in [-0.25, -0.2) is 0 Å². The Morgan fingerprint density at radius 1 is 1.17 bits per heavy atom. The minimum absolute atomic E-state index is 0.115. The van der Waals surface area contributed by atoms with E-state index < -0.39 is 12.2 Å². The van der Waals surface area contributed by atoms with Gasteiger partial charge in [-0.1, -0.05) is 19.8 Å². The second-order valence-electron chi connectivity index (χ2n) is 7.82. The van der Waals surface area contributed by atoms with E-state index in [1.54, 1.807) is 0 Å². The van der Waals surface area contributed by atoms with Crippen LogP contribution in [0, 0.1) is 11.8 Å². The average molecular weight is 340 g/mol. The minimum Gasteiger partial charge on any atom is -0.394 e. The van der Waals surface area contributed by atoms with Gasteiger partial charge in [0, 0.05) is 12.5 Å². The van der Waals surface area contributed by atoms with E-state index in [-0.39, 0.29) is 30.6 Å². The predicted octanol–water partition coefficient (Wildman–Crippen LogP) is 0.514. The summed E-state index contributed by atoms with van der Waals surface area (Å²) in [6, 6.07) is -0.140. The Hall–Kier alpha value is -0.690.